The van der Waals surface area contributed by atoms with Crippen molar-refractivity contribution in [3.05, 3.63) is 0 Å². The number of hydrogen-bond donors (Lipinski definition) is 2. The average Bonchev–Trinajstić information content (AvgIpc) is 1.89. The third-order valence-electron chi connectivity index (χ3n) is 0.996. The molecule has 0 fully saturated rings. The Morgan fingerprint density at radius 2 is 2.33 bits per heavy atom. The zero-order valence-corrected chi connectivity index (χ0v) is 7.68. The van der Waals surface area contributed by atoms with E-state index in [4.69, 9.17) is 5.11 Å². The third-order valence-corrected chi connectivity index (χ3v) is 1.70. The minimum Gasteiger partial charge on any atom is -0.387 e. The van der Waals surface area contributed by atoms with E-state index in [0.29, 0.717) is 6.54 Å². The molecule has 0 saturated heterocycles. The molecule has 4 heteroatoms. The second-order valence-electron chi connectivity index (χ2n) is 1.86. The zero-order chi connectivity index (χ0) is 7.11. The first-order valence-corrected chi connectivity index (χ1v) is 4.60. The second kappa shape index (κ2) is 5.78. The number of nitrogens with one attached hydrogen (secondary N) is 1. The topological polar surface area (TPSA) is 49.3 Å². The lowest BCUT2D eigenvalue weighted by atomic mass is 10.4. The lowest BCUT2D eigenvalue weighted by Gasteiger charge is -1.98. The van der Waals surface area contributed by atoms with Gasteiger partial charge in [0.1, 0.15) is 6.61 Å². The Hall–Kier alpha value is -0.353. The van der Waals surface area contributed by atoms with Crippen molar-refractivity contribution in [3.63, 3.8) is 0 Å². The molecular formula is C5H13NO2Si. The summed E-state index contributed by atoms with van der Waals surface area (Å²) in [4.78, 5) is 10.3. The largest absolute Gasteiger partial charge is 0.387 e. The molecular weight excluding hydrogens is 134 g/mol. The van der Waals surface area contributed by atoms with Crippen LogP contribution in [0.25, 0.3) is 0 Å². The minimum atomic E-state index is -0.388. The van der Waals surface area contributed by atoms with E-state index in [0.717, 1.165) is 6.42 Å². The lowest BCUT2D eigenvalue weighted by Crippen LogP contribution is -2.26. The van der Waals surface area contributed by atoms with Crippen LogP contribution in [-0.4, -0.2) is 34.4 Å². The lowest BCUT2D eigenvalue weighted by molar-refractivity contribution is -0.123. The first kappa shape index (κ1) is 8.65. The van der Waals surface area contributed by atoms with Crippen LogP contribution in [0.5, 0.6) is 0 Å². The van der Waals surface area contributed by atoms with Gasteiger partial charge < -0.3 is 10.4 Å². The number of carbonyl (C=O) groups is 1. The Morgan fingerprint density at radius 1 is 1.67 bits per heavy atom. The van der Waals surface area contributed by atoms with Crippen molar-refractivity contribution in [2.24, 2.45) is 0 Å². The van der Waals surface area contributed by atoms with Crippen LogP contribution in [0.15, 0.2) is 0 Å². The second-order valence-corrected chi connectivity index (χ2v) is 2.86. The van der Waals surface area contributed by atoms with Gasteiger partial charge in [0.15, 0.2) is 0 Å². The molecule has 0 aromatic carbocycles. The molecule has 3 nitrogen and oxygen atoms in total. The monoisotopic (exact) mass is 147 g/mol. The molecule has 0 heterocycles. The van der Waals surface area contributed by atoms with E-state index in [1.807, 2.05) is 0 Å². The number of hydrogen-bond acceptors (Lipinski definition) is 2. The van der Waals surface area contributed by atoms with E-state index in [1.54, 1.807) is 0 Å². The average molecular weight is 147 g/mol. The number of carbonyl (C=O) groups excluding carboxylic acids is 1. The van der Waals surface area contributed by atoms with Crippen LogP contribution in [0.1, 0.15) is 6.42 Å². The smallest absolute Gasteiger partial charge is 0.245 e. The van der Waals surface area contributed by atoms with E-state index >= 15 is 0 Å². The van der Waals surface area contributed by atoms with Crippen LogP contribution in [0, 0.1) is 0 Å². The molecule has 9 heavy (non-hydrogen) atoms. The van der Waals surface area contributed by atoms with Crippen LogP contribution in [0.2, 0.25) is 6.04 Å². The summed E-state index contributed by atoms with van der Waals surface area (Å²) in [6.45, 7) is 0.323. The number of aliphatic hydroxyl groups excluding tert-OH is 1. The van der Waals surface area contributed by atoms with Gasteiger partial charge in [0, 0.05) is 16.8 Å². The Bertz CT molecular complexity index is 87.0. The van der Waals surface area contributed by atoms with Crippen LogP contribution >= 0.6 is 0 Å². The molecule has 0 saturated carbocycles. The third kappa shape index (κ3) is 5.52. The molecule has 0 aliphatic carbocycles. The number of rotatable bonds is 4. The van der Waals surface area contributed by atoms with Crippen molar-refractivity contribution in [3.8, 4) is 0 Å². The standard InChI is InChI=1S/C5H13NO2Si/c7-4-5(8)6-2-1-3-9/h7H,1-4H2,9H3,(H,6,8). The molecule has 54 valence electrons. The maximum atomic E-state index is 10.3. The number of amides is 1. The summed E-state index contributed by atoms with van der Waals surface area (Å²) in [5, 5.41) is 10.8. The quantitative estimate of drug-likeness (QED) is 0.367. The molecule has 0 unspecified atom stereocenters. The molecule has 0 bridgehead atoms. The highest BCUT2D eigenvalue weighted by atomic mass is 28.1. The Kier molecular flexibility index (Phi) is 5.55. The van der Waals surface area contributed by atoms with Crippen molar-refractivity contribution >= 4 is 16.1 Å². The molecule has 1 amide bonds. The fourth-order valence-corrected chi connectivity index (χ4v) is 0.814. The van der Waals surface area contributed by atoms with Gasteiger partial charge in [-0.15, -0.1) is 0 Å². The van der Waals surface area contributed by atoms with Gasteiger partial charge in [-0.05, 0) is 6.42 Å². The Morgan fingerprint density at radius 3 is 2.78 bits per heavy atom. The molecule has 0 aromatic rings. The highest BCUT2D eigenvalue weighted by Crippen LogP contribution is 1.79. The van der Waals surface area contributed by atoms with E-state index in [9.17, 15) is 4.79 Å². The van der Waals surface area contributed by atoms with Gasteiger partial charge in [-0.25, -0.2) is 0 Å². The predicted molar refractivity (Wildman–Crippen MR) is 39.5 cm³/mol. The summed E-state index contributed by atoms with van der Waals surface area (Å²) < 4.78 is 0. The predicted octanol–water partition coefficient (Wildman–Crippen LogP) is -1.73. The summed E-state index contributed by atoms with van der Waals surface area (Å²) in [6.07, 6.45) is 1.04. The van der Waals surface area contributed by atoms with Gasteiger partial charge in [-0.3, -0.25) is 4.79 Å². The normalized spacial score (nSPS) is 9.44. The zero-order valence-electron chi connectivity index (χ0n) is 5.68. The molecule has 0 atom stereocenters. The van der Waals surface area contributed by atoms with Crippen molar-refractivity contribution in [2.45, 2.75) is 12.5 Å². The summed E-state index contributed by atoms with van der Waals surface area (Å²) in [5.74, 6) is -0.273. The van der Waals surface area contributed by atoms with Crippen molar-refractivity contribution in [1.29, 1.82) is 0 Å². The highest BCUT2D eigenvalue weighted by molar-refractivity contribution is 6.08. The molecule has 0 spiro atoms. The van der Waals surface area contributed by atoms with Crippen LogP contribution in [-0.2, 0) is 4.79 Å². The fraction of sp³-hybridized carbons (Fsp3) is 0.800. The van der Waals surface area contributed by atoms with Gasteiger partial charge in [0.25, 0.3) is 0 Å². The maximum absolute atomic E-state index is 10.3. The molecule has 0 rings (SSSR count). The van der Waals surface area contributed by atoms with Crippen LogP contribution in [0.3, 0.4) is 0 Å². The van der Waals surface area contributed by atoms with Crippen molar-refractivity contribution in [1.82, 2.24) is 5.32 Å². The molecule has 0 aliphatic rings. The molecule has 0 aromatic heterocycles. The van der Waals surface area contributed by atoms with Crippen LogP contribution < -0.4 is 5.32 Å². The first-order chi connectivity index (χ1) is 4.31. The Labute approximate surface area is 57.9 Å². The summed E-state index contributed by atoms with van der Waals surface area (Å²) in [5.41, 5.74) is 0. The van der Waals surface area contributed by atoms with Crippen molar-refractivity contribution in [2.75, 3.05) is 13.2 Å². The van der Waals surface area contributed by atoms with Gasteiger partial charge in [-0.2, -0.15) is 0 Å². The Balaban J connectivity index is 2.97. The maximum Gasteiger partial charge on any atom is 0.245 e. The van der Waals surface area contributed by atoms with Gasteiger partial charge in [0.05, 0.1) is 0 Å². The van der Waals surface area contributed by atoms with Crippen molar-refractivity contribution < 1.29 is 9.90 Å². The molecule has 2 N–H and O–H groups in total. The van der Waals surface area contributed by atoms with Gasteiger partial charge in [0.2, 0.25) is 5.91 Å². The summed E-state index contributed by atoms with van der Waals surface area (Å²) in [7, 11) is 1.19. The molecule has 0 radical (unpaired) electrons. The van der Waals surface area contributed by atoms with Crippen LogP contribution in [0.4, 0.5) is 0 Å². The van der Waals surface area contributed by atoms with E-state index in [1.165, 1.54) is 16.3 Å². The van der Waals surface area contributed by atoms with Gasteiger partial charge in [-0.1, -0.05) is 6.04 Å². The molecule has 0 aliphatic heterocycles. The minimum absolute atomic E-state index is 0.273. The van der Waals surface area contributed by atoms with E-state index in [2.05, 4.69) is 5.32 Å². The van der Waals surface area contributed by atoms with Gasteiger partial charge >= 0.3 is 0 Å². The van der Waals surface area contributed by atoms with E-state index in [-0.39, 0.29) is 12.5 Å². The highest BCUT2D eigenvalue weighted by Gasteiger charge is 1.93. The summed E-state index contributed by atoms with van der Waals surface area (Å²) >= 11 is 0. The summed E-state index contributed by atoms with van der Waals surface area (Å²) in [6, 6.07) is 1.20. The number of aliphatic hydroxyl groups is 1. The fourth-order valence-electron chi connectivity index (χ4n) is 0.460. The first-order valence-electron chi connectivity index (χ1n) is 3.18. The SMILES string of the molecule is O=C(CO)NCCC[SiH3]. The van der Waals surface area contributed by atoms with E-state index < -0.39 is 0 Å².